The number of carbonyl (C=O) groups excluding carboxylic acids is 2. The van der Waals surface area contributed by atoms with Crippen molar-refractivity contribution >= 4 is 29.5 Å². The number of fused-ring (bicyclic) bond motifs is 1. The molecular weight excluding hydrogens is 236 g/mol. The number of amides is 2. The van der Waals surface area contributed by atoms with Crippen molar-refractivity contribution in [2.75, 3.05) is 11.9 Å². The smallest absolute Gasteiger partial charge is 0.289 e. The van der Waals surface area contributed by atoms with Gasteiger partial charge in [-0.25, -0.2) is 4.90 Å². The fraction of sp³-hybridized carbons (Fsp3) is 0.333. The number of anilines is 1. The molecule has 0 radical (unpaired) electrons. The first-order valence-corrected chi connectivity index (χ1v) is 5.90. The monoisotopic (exact) mass is 250 g/mol. The molecule has 2 amide bonds. The Kier molecular flexibility index (Phi) is 3.49. The van der Waals surface area contributed by atoms with E-state index in [1.165, 1.54) is 0 Å². The lowest BCUT2D eigenvalue weighted by molar-refractivity contribution is -0.118. The van der Waals surface area contributed by atoms with E-state index in [1.807, 2.05) is 25.2 Å². The van der Waals surface area contributed by atoms with Crippen LogP contribution in [0.1, 0.15) is 17.5 Å². The third kappa shape index (κ3) is 2.35. The summed E-state index contributed by atoms with van der Waals surface area (Å²) in [6.45, 7) is 0.774. The number of imide groups is 1. The topological polar surface area (TPSA) is 49.4 Å². The zero-order valence-corrected chi connectivity index (χ0v) is 10.5. The van der Waals surface area contributed by atoms with Crippen LogP contribution in [0, 0.1) is 0 Å². The van der Waals surface area contributed by atoms with Crippen LogP contribution in [-0.2, 0) is 17.8 Å². The van der Waals surface area contributed by atoms with Gasteiger partial charge in [0.2, 0.25) is 5.91 Å². The molecule has 1 aliphatic rings. The Morgan fingerprint density at radius 1 is 1.47 bits per heavy atom. The number of rotatable bonds is 2. The number of aryl methyl sites for hydroxylation is 1. The van der Waals surface area contributed by atoms with Crippen LogP contribution in [0.15, 0.2) is 18.2 Å². The highest BCUT2D eigenvalue weighted by Gasteiger charge is 2.27. The SMILES string of the molecule is CNCc1ccc2c(c1)CCC(=O)N2C(=O)S. The van der Waals surface area contributed by atoms with Crippen LogP contribution in [0.4, 0.5) is 10.5 Å². The molecule has 0 atom stereocenters. The van der Waals surface area contributed by atoms with Crippen LogP contribution in [0.3, 0.4) is 0 Å². The lowest BCUT2D eigenvalue weighted by Gasteiger charge is -2.26. The molecule has 1 aromatic carbocycles. The molecule has 1 aliphatic heterocycles. The molecular formula is C12H14N2O2S. The number of nitrogens with one attached hydrogen (secondary N) is 1. The van der Waals surface area contributed by atoms with E-state index in [9.17, 15) is 9.59 Å². The summed E-state index contributed by atoms with van der Waals surface area (Å²) in [5.41, 5.74) is 2.84. The first-order chi connectivity index (χ1) is 8.13. The molecule has 1 heterocycles. The lowest BCUT2D eigenvalue weighted by Crippen LogP contribution is -2.37. The van der Waals surface area contributed by atoms with Crippen molar-refractivity contribution in [2.45, 2.75) is 19.4 Å². The molecule has 17 heavy (non-hydrogen) atoms. The first kappa shape index (κ1) is 12.1. The van der Waals surface area contributed by atoms with Gasteiger partial charge >= 0.3 is 0 Å². The van der Waals surface area contributed by atoms with Crippen molar-refractivity contribution in [3.63, 3.8) is 0 Å². The largest absolute Gasteiger partial charge is 0.316 e. The third-order valence-electron chi connectivity index (χ3n) is 2.81. The Morgan fingerprint density at radius 2 is 2.24 bits per heavy atom. The second-order valence-electron chi connectivity index (χ2n) is 4.01. The highest BCUT2D eigenvalue weighted by Crippen LogP contribution is 2.29. The van der Waals surface area contributed by atoms with E-state index in [1.54, 1.807) is 0 Å². The predicted octanol–water partition coefficient (Wildman–Crippen LogP) is 1.73. The molecule has 0 aromatic heterocycles. The predicted molar refractivity (Wildman–Crippen MR) is 69.4 cm³/mol. The molecule has 4 nitrogen and oxygen atoms in total. The summed E-state index contributed by atoms with van der Waals surface area (Å²) in [7, 11) is 1.88. The van der Waals surface area contributed by atoms with Gasteiger partial charge in [-0.05, 0) is 30.7 Å². The fourth-order valence-electron chi connectivity index (χ4n) is 2.07. The van der Waals surface area contributed by atoms with Crippen molar-refractivity contribution in [2.24, 2.45) is 0 Å². The summed E-state index contributed by atoms with van der Waals surface area (Å²) in [4.78, 5) is 24.1. The summed E-state index contributed by atoms with van der Waals surface area (Å²) in [6.07, 6.45) is 1.05. The minimum Gasteiger partial charge on any atom is -0.316 e. The first-order valence-electron chi connectivity index (χ1n) is 5.45. The van der Waals surface area contributed by atoms with E-state index in [4.69, 9.17) is 0 Å². The second kappa shape index (κ2) is 4.89. The Hall–Kier alpha value is -1.33. The van der Waals surface area contributed by atoms with Gasteiger partial charge in [-0.1, -0.05) is 24.8 Å². The van der Waals surface area contributed by atoms with Crippen LogP contribution in [0.2, 0.25) is 0 Å². The van der Waals surface area contributed by atoms with Gasteiger partial charge in [-0.2, -0.15) is 0 Å². The van der Waals surface area contributed by atoms with Gasteiger partial charge in [0.1, 0.15) is 0 Å². The number of thiol groups is 1. The zero-order chi connectivity index (χ0) is 12.4. The Bertz CT molecular complexity index is 474. The molecule has 0 saturated carbocycles. The molecule has 0 bridgehead atoms. The van der Waals surface area contributed by atoms with E-state index >= 15 is 0 Å². The quantitative estimate of drug-likeness (QED) is 0.786. The normalized spacial score (nSPS) is 14.7. The molecule has 0 unspecified atom stereocenters. The average molecular weight is 250 g/mol. The van der Waals surface area contributed by atoms with Gasteiger partial charge < -0.3 is 5.32 Å². The van der Waals surface area contributed by atoms with E-state index in [0.717, 1.165) is 22.6 Å². The molecule has 90 valence electrons. The lowest BCUT2D eigenvalue weighted by atomic mass is 9.99. The highest BCUT2D eigenvalue weighted by atomic mass is 32.1. The Labute approximate surface area is 105 Å². The maximum absolute atomic E-state index is 11.7. The van der Waals surface area contributed by atoms with Crippen LogP contribution in [-0.4, -0.2) is 18.2 Å². The highest BCUT2D eigenvalue weighted by molar-refractivity contribution is 7.97. The molecule has 0 saturated heterocycles. The molecule has 1 aromatic rings. The van der Waals surface area contributed by atoms with E-state index in [0.29, 0.717) is 18.5 Å². The van der Waals surface area contributed by atoms with Crippen molar-refractivity contribution in [1.29, 1.82) is 0 Å². The van der Waals surface area contributed by atoms with Gasteiger partial charge in [0.25, 0.3) is 5.24 Å². The van der Waals surface area contributed by atoms with Crippen molar-refractivity contribution in [3.8, 4) is 0 Å². The number of benzene rings is 1. The van der Waals surface area contributed by atoms with Gasteiger partial charge in [0.05, 0.1) is 5.69 Å². The summed E-state index contributed by atoms with van der Waals surface area (Å²) in [6, 6.07) is 5.76. The average Bonchev–Trinajstić information content (AvgIpc) is 2.29. The van der Waals surface area contributed by atoms with Crippen LogP contribution >= 0.6 is 12.6 Å². The Balaban J connectivity index is 2.40. The van der Waals surface area contributed by atoms with Crippen LogP contribution in [0.25, 0.3) is 0 Å². The number of hydrogen-bond acceptors (Lipinski definition) is 3. The molecule has 2 rings (SSSR count). The van der Waals surface area contributed by atoms with Gasteiger partial charge in [-0.3, -0.25) is 9.59 Å². The molecule has 0 spiro atoms. The van der Waals surface area contributed by atoms with Gasteiger partial charge in [0.15, 0.2) is 0 Å². The maximum atomic E-state index is 11.7. The maximum Gasteiger partial charge on any atom is 0.289 e. The number of hydrogen-bond donors (Lipinski definition) is 2. The fourth-order valence-corrected chi connectivity index (χ4v) is 2.29. The van der Waals surface area contributed by atoms with Crippen LogP contribution in [0.5, 0.6) is 0 Å². The van der Waals surface area contributed by atoms with Crippen molar-refractivity contribution < 1.29 is 9.59 Å². The Morgan fingerprint density at radius 3 is 2.88 bits per heavy atom. The van der Waals surface area contributed by atoms with Crippen LogP contribution < -0.4 is 10.2 Å². The molecule has 0 aliphatic carbocycles. The number of nitrogens with zero attached hydrogens (tertiary/aromatic N) is 1. The minimum absolute atomic E-state index is 0.182. The molecule has 0 fully saturated rings. The van der Waals surface area contributed by atoms with Gasteiger partial charge in [-0.15, -0.1) is 0 Å². The summed E-state index contributed by atoms with van der Waals surface area (Å²) in [5.74, 6) is -0.182. The van der Waals surface area contributed by atoms with Crippen molar-refractivity contribution in [3.05, 3.63) is 29.3 Å². The van der Waals surface area contributed by atoms with Crippen molar-refractivity contribution in [1.82, 2.24) is 5.32 Å². The second-order valence-corrected chi connectivity index (χ2v) is 4.39. The minimum atomic E-state index is -0.516. The molecule has 1 N–H and O–H groups in total. The number of carbonyl (C=O) groups is 2. The summed E-state index contributed by atoms with van der Waals surface area (Å²) in [5, 5.41) is 2.55. The van der Waals surface area contributed by atoms with E-state index in [2.05, 4.69) is 17.9 Å². The standard InChI is InChI=1S/C12H14N2O2S/c1-13-7-8-2-4-10-9(6-8)3-5-11(15)14(10)12(16)17/h2,4,6,13H,3,5,7H2,1H3,(H,16,17). The summed E-state index contributed by atoms with van der Waals surface area (Å²) < 4.78 is 0. The van der Waals surface area contributed by atoms with E-state index < -0.39 is 5.24 Å². The summed E-state index contributed by atoms with van der Waals surface area (Å²) >= 11 is 3.75. The van der Waals surface area contributed by atoms with Gasteiger partial charge in [0, 0.05) is 13.0 Å². The molecule has 5 heteroatoms. The zero-order valence-electron chi connectivity index (χ0n) is 9.56. The van der Waals surface area contributed by atoms with E-state index in [-0.39, 0.29) is 5.91 Å². The third-order valence-corrected chi connectivity index (χ3v) is 3.01.